The maximum Gasteiger partial charge on any atom is 0.234 e. The van der Waals surface area contributed by atoms with Crippen molar-refractivity contribution in [3.63, 3.8) is 0 Å². The minimum atomic E-state index is -0.108. The summed E-state index contributed by atoms with van der Waals surface area (Å²) in [7, 11) is 0. The second kappa shape index (κ2) is 11.1. The van der Waals surface area contributed by atoms with Gasteiger partial charge < -0.3 is 5.32 Å². The molecule has 0 saturated carbocycles. The highest BCUT2D eigenvalue weighted by Gasteiger charge is 2.18. The Hall–Kier alpha value is -4.27. The summed E-state index contributed by atoms with van der Waals surface area (Å²) in [4.78, 5) is 17.7. The second-order valence-corrected chi connectivity index (χ2v) is 11.7. The summed E-state index contributed by atoms with van der Waals surface area (Å²) >= 11 is 3.04. The standard InChI is InChI=1S/C32H27N5OS2/c1-20-7-14-26(15-8-20)37-30(24-6-4-5-21(2)17-24)35-36-32(37)39-19-29(38)33-25-12-10-23(11-13-25)31-34-27-16-9-22(3)18-28(27)40-31/h4-18H,19H2,1-3H3,(H,33,38). The van der Waals surface area contributed by atoms with Crippen LogP contribution in [0.15, 0.2) is 96.2 Å². The maximum atomic E-state index is 12.9. The Morgan fingerprint density at radius 1 is 0.825 bits per heavy atom. The first-order valence-electron chi connectivity index (χ1n) is 12.9. The quantitative estimate of drug-likeness (QED) is 0.201. The number of aromatic nitrogens is 4. The van der Waals surface area contributed by atoms with Gasteiger partial charge in [0, 0.05) is 22.5 Å². The van der Waals surface area contributed by atoms with Gasteiger partial charge in [-0.05, 0) is 80.9 Å². The fourth-order valence-electron chi connectivity index (χ4n) is 4.44. The molecule has 1 N–H and O–H groups in total. The number of rotatable bonds is 7. The molecule has 0 aliphatic carbocycles. The fraction of sp³-hybridized carbons (Fsp3) is 0.125. The van der Waals surface area contributed by atoms with Crippen LogP contribution in [0, 0.1) is 20.8 Å². The lowest BCUT2D eigenvalue weighted by Gasteiger charge is -2.11. The van der Waals surface area contributed by atoms with Crippen LogP contribution in [-0.2, 0) is 4.79 Å². The molecule has 6 aromatic rings. The van der Waals surface area contributed by atoms with Crippen LogP contribution in [0.2, 0.25) is 0 Å². The van der Waals surface area contributed by atoms with Gasteiger partial charge in [0.05, 0.1) is 16.0 Å². The van der Waals surface area contributed by atoms with Gasteiger partial charge in [-0.1, -0.05) is 59.3 Å². The van der Waals surface area contributed by atoms with Gasteiger partial charge >= 0.3 is 0 Å². The molecule has 0 aliphatic rings. The van der Waals surface area contributed by atoms with Crippen molar-refractivity contribution in [1.29, 1.82) is 0 Å². The van der Waals surface area contributed by atoms with Crippen LogP contribution in [0.5, 0.6) is 0 Å². The number of hydrogen-bond acceptors (Lipinski definition) is 6. The molecule has 2 aromatic heterocycles. The first-order chi connectivity index (χ1) is 19.4. The highest BCUT2D eigenvalue weighted by molar-refractivity contribution is 7.99. The van der Waals surface area contributed by atoms with Crippen LogP contribution in [0.1, 0.15) is 16.7 Å². The van der Waals surface area contributed by atoms with Gasteiger partial charge in [0.1, 0.15) is 5.01 Å². The largest absolute Gasteiger partial charge is 0.325 e. The van der Waals surface area contributed by atoms with Crippen LogP contribution in [-0.4, -0.2) is 31.4 Å². The van der Waals surface area contributed by atoms with E-state index in [1.54, 1.807) is 11.3 Å². The maximum absolute atomic E-state index is 12.9. The Balaban J connectivity index is 1.17. The van der Waals surface area contributed by atoms with E-state index in [-0.39, 0.29) is 11.7 Å². The predicted molar refractivity (Wildman–Crippen MR) is 165 cm³/mol. The Bertz CT molecular complexity index is 1820. The van der Waals surface area contributed by atoms with Crippen molar-refractivity contribution in [1.82, 2.24) is 19.7 Å². The third-order valence-electron chi connectivity index (χ3n) is 6.49. The molecular formula is C32H27N5OS2. The number of hydrogen-bond donors (Lipinski definition) is 1. The van der Waals surface area contributed by atoms with Gasteiger partial charge in [-0.2, -0.15) is 0 Å². The third-order valence-corrected chi connectivity index (χ3v) is 8.49. The highest BCUT2D eigenvalue weighted by atomic mass is 32.2. The summed E-state index contributed by atoms with van der Waals surface area (Å²) in [6.07, 6.45) is 0. The topological polar surface area (TPSA) is 72.7 Å². The molecule has 0 saturated heterocycles. The Labute approximate surface area is 241 Å². The molecule has 1 amide bonds. The van der Waals surface area contributed by atoms with Gasteiger partial charge in [-0.3, -0.25) is 9.36 Å². The molecule has 198 valence electrons. The molecule has 0 bridgehead atoms. The van der Waals surface area contributed by atoms with E-state index in [0.29, 0.717) is 5.16 Å². The van der Waals surface area contributed by atoms with E-state index in [1.165, 1.54) is 27.6 Å². The number of nitrogens with zero attached hydrogens (tertiary/aromatic N) is 4. The van der Waals surface area contributed by atoms with Gasteiger partial charge in [-0.15, -0.1) is 21.5 Å². The molecule has 6 rings (SSSR count). The Kier molecular flexibility index (Phi) is 7.19. The predicted octanol–water partition coefficient (Wildman–Crippen LogP) is 7.87. The molecule has 0 radical (unpaired) electrons. The number of carbonyl (C=O) groups excluding carboxylic acids is 1. The molecule has 0 fully saturated rings. The van der Waals surface area contributed by atoms with Crippen LogP contribution in [0.3, 0.4) is 0 Å². The number of aryl methyl sites for hydroxylation is 3. The van der Waals surface area contributed by atoms with Gasteiger partial charge in [-0.25, -0.2) is 4.98 Å². The average molecular weight is 562 g/mol. The Morgan fingerprint density at radius 3 is 2.35 bits per heavy atom. The number of nitrogens with one attached hydrogen (secondary N) is 1. The van der Waals surface area contributed by atoms with Crippen molar-refractivity contribution >= 4 is 44.9 Å². The molecule has 8 heteroatoms. The summed E-state index contributed by atoms with van der Waals surface area (Å²) in [5.74, 6) is 0.844. The first kappa shape index (κ1) is 26.0. The van der Waals surface area contributed by atoms with Crippen LogP contribution in [0.25, 0.3) is 37.9 Å². The number of anilines is 1. The second-order valence-electron chi connectivity index (χ2n) is 9.75. The third kappa shape index (κ3) is 5.54. The molecule has 0 atom stereocenters. The van der Waals surface area contributed by atoms with E-state index < -0.39 is 0 Å². The lowest BCUT2D eigenvalue weighted by Crippen LogP contribution is -2.14. The number of thioether (sulfide) groups is 1. The lowest BCUT2D eigenvalue weighted by atomic mass is 10.1. The van der Waals surface area contributed by atoms with E-state index in [1.807, 2.05) is 41.0 Å². The van der Waals surface area contributed by atoms with Crippen molar-refractivity contribution < 1.29 is 4.79 Å². The molecule has 40 heavy (non-hydrogen) atoms. The zero-order valence-corrected chi connectivity index (χ0v) is 24.0. The summed E-state index contributed by atoms with van der Waals surface area (Å²) in [6, 6.07) is 30.5. The summed E-state index contributed by atoms with van der Waals surface area (Å²) < 4.78 is 3.19. The van der Waals surface area contributed by atoms with Crippen molar-refractivity contribution in [3.05, 3.63) is 108 Å². The highest BCUT2D eigenvalue weighted by Crippen LogP contribution is 2.32. The number of amides is 1. The number of carbonyl (C=O) groups is 1. The van der Waals surface area contributed by atoms with E-state index in [2.05, 4.69) is 90.9 Å². The van der Waals surface area contributed by atoms with E-state index in [4.69, 9.17) is 4.98 Å². The van der Waals surface area contributed by atoms with Crippen LogP contribution >= 0.6 is 23.1 Å². The minimum Gasteiger partial charge on any atom is -0.325 e. The van der Waals surface area contributed by atoms with Crippen LogP contribution in [0.4, 0.5) is 5.69 Å². The fourth-order valence-corrected chi connectivity index (χ4v) is 6.26. The summed E-state index contributed by atoms with van der Waals surface area (Å²) in [5, 5.41) is 13.6. The summed E-state index contributed by atoms with van der Waals surface area (Å²) in [6.45, 7) is 6.20. The molecule has 6 nitrogen and oxygen atoms in total. The van der Waals surface area contributed by atoms with Gasteiger partial charge in [0.15, 0.2) is 11.0 Å². The van der Waals surface area contributed by atoms with E-state index in [0.717, 1.165) is 44.4 Å². The van der Waals surface area contributed by atoms with Crippen molar-refractivity contribution in [2.24, 2.45) is 0 Å². The zero-order valence-electron chi connectivity index (χ0n) is 22.4. The number of fused-ring (bicyclic) bond motifs is 1. The average Bonchev–Trinajstić information content (AvgIpc) is 3.57. The van der Waals surface area contributed by atoms with Crippen molar-refractivity contribution in [2.45, 2.75) is 25.9 Å². The SMILES string of the molecule is Cc1ccc(-n2c(SCC(=O)Nc3ccc(-c4nc5ccc(C)cc5s4)cc3)nnc2-c2cccc(C)c2)cc1. The molecule has 2 heterocycles. The molecule has 0 aliphatic heterocycles. The molecule has 0 unspecified atom stereocenters. The van der Waals surface area contributed by atoms with E-state index >= 15 is 0 Å². The Morgan fingerprint density at radius 2 is 1.57 bits per heavy atom. The normalized spacial score (nSPS) is 11.2. The molecule has 4 aromatic carbocycles. The molecular weight excluding hydrogens is 535 g/mol. The zero-order chi connectivity index (χ0) is 27.6. The monoisotopic (exact) mass is 561 g/mol. The molecule has 0 spiro atoms. The summed E-state index contributed by atoms with van der Waals surface area (Å²) in [5.41, 5.74) is 8.25. The smallest absolute Gasteiger partial charge is 0.234 e. The minimum absolute atomic E-state index is 0.108. The van der Waals surface area contributed by atoms with Crippen molar-refractivity contribution in [2.75, 3.05) is 11.1 Å². The number of benzene rings is 4. The van der Waals surface area contributed by atoms with Crippen LogP contribution < -0.4 is 5.32 Å². The number of thiazole rings is 1. The van der Waals surface area contributed by atoms with E-state index in [9.17, 15) is 4.79 Å². The van der Waals surface area contributed by atoms with Gasteiger partial charge in [0.25, 0.3) is 0 Å². The first-order valence-corrected chi connectivity index (χ1v) is 14.7. The van der Waals surface area contributed by atoms with Gasteiger partial charge in [0.2, 0.25) is 5.91 Å². The lowest BCUT2D eigenvalue weighted by molar-refractivity contribution is -0.113. The van der Waals surface area contributed by atoms with Crippen molar-refractivity contribution in [3.8, 4) is 27.6 Å².